The molecule has 1 aromatic heterocycles. The molecule has 0 fully saturated rings. The van der Waals surface area contributed by atoms with Gasteiger partial charge in [0.25, 0.3) is 5.91 Å². The molecule has 1 aliphatic heterocycles. The number of rotatable bonds is 2. The molecule has 4 nitrogen and oxygen atoms in total. The molecule has 0 bridgehead atoms. The van der Waals surface area contributed by atoms with Crippen LogP contribution >= 0.6 is 0 Å². The Hall–Kier alpha value is -2.10. The minimum Gasteiger partial charge on any atom is -0.352 e. The number of pyridine rings is 1. The van der Waals surface area contributed by atoms with Gasteiger partial charge in [0.2, 0.25) is 0 Å². The number of hydrogen-bond acceptors (Lipinski definition) is 3. The Morgan fingerprint density at radius 2 is 2.00 bits per heavy atom. The van der Waals surface area contributed by atoms with Gasteiger partial charge in [0.05, 0.1) is 0 Å². The van der Waals surface area contributed by atoms with Gasteiger partial charge in [-0.3, -0.25) is 9.78 Å². The summed E-state index contributed by atoms with van der Waals surface area (Å²) in [4.78, 5) is 18.1. The first-order valence-electron chi connectivity index (χ1n) is 5.91. The number of allylic oxidation sites excluding steroid dienone is 3. The first kappa shape index (κ1) is 12.4. The molecule has 1 aliphatic rings. The van der Waals surface area contributed by atoms with Gasteiger partial charge in [-0.2, -0.15) is 0 Å². The number of carbonyl (C=O) groups excluding carboxylic acids is 1. The van der Waals surface area contributed by atoms with Crippen LogP contribution < -0.4 is 5.32 Å². The Morgan fingerprint density at radius 3 is 2.67 bits per heavy atom. The summed E-state index contributed by atoms with van der Waals surface area (Å²) in [5.41, 5.74) is 3.75. The normalized spacial score (nSPS) is 15.5. The van der Waals surface area contributed by atoms with Gasteiger partial charge in [-0.25, -0.2) is 0 Å². The van der Waals surface area contributed by atoms with Crippen molar-refractivity contribution in [1.82, 2.24) is 9.88 Å². The molecule has 2 heterocycles. The molecule has 0 aromatic carbocycles. The van der Waals surface area contributed by atoms with E-state index in [2.05, 4.69) is 16.4 Å². The van der Waals surface area contributed by atoms with Crippen molar-refractivity contribution >= 4 is 11.6 Å². The molecular formula is C14H17N3O. The van der Waals surface area contributed by atoms with Crippen molar-refractivity contribution in [3.05, 3.63) is 47.6 Å². The van der Waals surface area contributed by atoms with Crippen molar-refractivity contribution in [2.75, 3.05) is 12.4 Å². The van der Waals surface area contributed by atoms with Crippen LogP contribution in [0.3, 0.4) is 0 Å². The zero-order valence-electron chi connectivity index (χ0n) is 10.9. The molecule has 4 heteroatoms. The second kappa shape index (κ2) is 5.04. The van der Waals surface area contributed by atoms with Crippen molar-refractivity contribution < 1.29 is 4.79 Å². The summed E-state index contributed by atoms with van der Waals surface area (Å²) in [6, 6.07) is 3.56. The third-order valence-electron chi connectivity index (χ3n) is 3.28. The highest BCUT2D eigenvalue weighted by atomic mass is 16.1. The van der Waals surface area contributed by atoms with Crippen molar-refractivity contribution in [1.29, 1.82) is 0 Å². The zero-order valence-corrected chi connectivity index (χ0v) is 10.9. The lowest BCUT2D eigenvalue weighted by molar-refractivity contribution is -0.113. The molecule has 18 heavy (non-hydrogen) atoms. The standard InChI is InChI=1S/C14H17N3O/c1-10-4-5-13(11(2)17(10)3)14(18)16-12-6-8-15-9-7-12/h4,6-9H,5H2,1-3H3,(H,15,16,18). The fourth-order valence-corrected chi connectivity index (χ4v) is 1.90. The summed E-state index contributed by atoms with van der Waals surface area (Å²) in [6.07, 6.45) is 6.06. The predicted molar refractivity (Wildman–Crippen MR) is 71.7 cm³/mol. The number of nitrogens with zero attached hydrogens (tertiary/aromatic N) is 2. The van der Waals surface area contributed by atoms with E-state index in [1.54, 1.807) is 24.5 Å². The summed E-state index contributed by atoms with van der Waals surface area (Å²) in [5, 5.41) is 2.88. The average Bonchev–Trinajstić information content (AvgIpc) is 2.37. The Labute approximate surface area is 107 Å². The molecule has 1 N–H and O–H groups in total. The monoisotopic (exact) mass is 243 g/mol. The average molecular weight is 243 g/mol. The first-order chi connectivity index (χ1) is 8.59. The molecule has 0 unspecified atom stereocenters. The Kier molecular flexibility index (Phi) is 3.46. The van der Waals surface area contributed by atoms with Crippen molar-refractivity contribution in [3.8, 4) is 0 Å². The molecule has 0 atom stereocenters. The number of amides is 1. The van der Waals surface area contributed by atoms with E-state index in [1.165, 1.54) is 5.70 Å². The fourth-order valence-electron chi connectivity index (χ4n) is 1.90. The third kappa shape index (κ3) is 2.42. The minimum atomic E-state index is -0.0469. The van der Waals surface area contributed by atoms with Crippen LogP contribution in [0.15, 0.2) is 47.6 Å². The summed E-state index contributed by atoms with van der Waals surface area (Å²) < 4.78 is 0. The topological polar surface area (TPSA) is 45.2 Å². The van der Waals surface area contributed by atoms with Crippen LogP contribution in [0.25, 0.3) is 0 Å². The molecular weight excluding hydrogens is 226 g/mol. The number of nitrogens with one attached hydrogen (secondary N) is 1. The van der Waals surface area contributed by atoms with Crippen LogP contribution in [0.4, 0.5) is 5.69 Å². The lowest BCUT2D eigenvalue weighted by atomic mass is 10.0. The van der Waals surface area contributed by atoms with Gasteiger partial charge in [0, 0.05) is 42.1 Å². The van der Waals surface area contributed by atoms with Gasteiger partial charge in [-0.1, -0.05) is 6.08 Å². The second-order valence-electron chi connectivity index (χ2n) is 4.36. The summed E-state index contributed by atoms with van der Waals surface area (Å²) in [6.45, 7) is 4.01. The molecule has 94 valence electrons. The zero-order chi connectivity index (χ0) is 13.1. The maximum Gasteiger partial charge on any atom is 0.253 e. The van der Waals surface area contributed by atoms with Gasteiger partial charge >= 0.3 is 0 Å². The first-order valence-corrected chi connectivity index (χ1v) is 5.91. The SMILES string of the molecule is CC1=CCC(C(=O)Nc2ccncc2)=C(C)N1C. The number of aromatic nitrogens is 1. The predicted octanol–water partition coefficient (Wildman–Crippen LogP) is 2.53. The number of carbonyl (C=O) groups is 1. The van der Waals surface area contributed by atoms with E-state index in [4.69, 9.17) is 0 Å². The van der Waals surface area contributed by atoms with Crippen LogP contribution in [0.2, 0.25) is 0 Å². The minimum absolute atomic E-state index is 0.0469. The van der Waals surface area contributed by atoms with Gasteiger partial charge in [0.15, 0.2) is 0 Å². The van der Waals surface area contributed by atoms with E-state index in [0.29, 0.717) is 6.42 Å². The molecule has 0 spiro atoms. The number of anilines is 1. The van der Waals surface area contributed by atoms with Crippen LogP contribution in [-0.4, -0.2) is 22.8 Å². The smallest absolute Gasteiger partial charge is 0.253 e. The quantitative estimate of drug-likeness (QED) is 0.868. The van der Waals surface area contributed by atoms with E-state index in [-0.39, 0.29) is 5.91 Å². The van der Waals surface area contributed by atoms with Gasteiger partial charge < -0.3 is 10.2 Å². The highest BCUT2D eigenvalue weighted by Gasteiger charge is 2.19. The van der Waals surface area contributed by atoms with Crippen molar-refractivity contribution in [3.63, 3.8) is 0 Å². The molecule has 0 aliphatic carbocycles. The van der Waals surface area contributed by atoms with Crippen molar-refractivity contribution in [2.45, 2.75) is 20.3 Å². The van der Waals surface area contributed by atoms with Crippen LogP contribution in [0, 0.1) is 0 Å². The Balaban J connectivity index is 2.15. The van der Waals surface area contributed by atoms with Gasteiger partial charge in [0.1, 0.15) is 0 Å². The summed E-state index contributed by atoms with van der Waals surface area (Å²) in [5.74, 6) is -0.0469. The Morgan fingerprint density at radius 1 is 1.33 bits per heavy atom. The van der Waals surface area contributed by atoms with Crippen molar-refractivity contribution in [2.24, 2.45) is 0 Å². The highest BCUT2D eigenvalue weighted by molar-refractivity contribution is 6.04. The van der Waals surface area contributed by atoms with E-state index >= 15 is 0 Å². The maximum atomic E-state index is 12.2. The summed E-state index contributed by atoms with van der Waals surface area (Å²) >= 11 is 0. The molecule has 0 radical (unpaired) electrons. The number of hydrogen-bond donors (Lipinski definition) is 1. The largest absolute Gasteiger partial charge is 0.352 e. The molecule has 1 amide bonds. The highest BCUT2D eigenvalue weighted by Crippen LogP contribution is 2.24. The Bertz CT molecular complexity index is 517. The molecule has 0 saturated carbocycles. The molecule has 0 saturated heterocycles. The van der Waals surface area contributed by atoms with E-state index in [9.17, 15) is 4.79 Å². The van der Waals surface area contributed by atoms with Crippen LogP contribution in [0.1, 0.15) is 20.3 Å². The third-order valence-corrected chi connectivity index (χ3v) is 3.28. The maximum absolute atomic E-state index is 12.2. The fraction of sp³-hybridized carbons (Fsp3) is 0.286. The van der Waals surface area contributed by atoms with Gasteiger partial charge in [-0.15, -0.1) is 0 Å². The van der Waals surface area contributed by atoms with E-state index in [0.717, 1.165) is 17.0 Å². The lowest BCUT2D eigenvalue weighted by Crippen LogP contribution is -2.25. The molecule has 2 rings (SSSR count). The second-order valence-corrected chi connectivity index (χ2v) is 4.36. The lowest BCUT2D eigenvalue weighted by Gasteiger charge is -2.27. The van der Waals surface area contributed by atoms with E-state index in [1.807, 2.05) is 25.8 Å². The molecule has 1 aromatic rings. The van der Waals surface area contributed by atoms with Crippen LogP contribution in [-0.2, 0) is 4.79 Å². The van der Waals surface area contributed by atoms with Crippen LogP contribution in [0.5, 0.6) is 0 Å². The van der Waals surface area contributed by atoms with E-state index < -0.39 is 0 Å². The van der Waals surface area contributed by atoms with Gasteiger partial charge in [-0.05, 0) is 32.4 Å². The summed E-state index contributed by atoms with van der Waals surface area (Å²) in [7, 11) is 1.97.